The number of nitrogen functional groups attached to an aromatic ring is 1. The molecule has 0 saturated heterocycles. The molecule has 0 radical (unpaired) electrons. The number of ether oxygens (including phenoxy) is 1. The van der Waals surface area contributed by atoms with E-state index < -0.39 is 40.8 Å². The number of nitrogens with two attached hydrogens (primary N) is 1. The summed E-state index contributed by atoms with van der Waals surface area (Å²) in [5.41, 5.74) is 4.80. The van der Waals surface area contributed by atoms with Gasteiger partial charge in [-0.1, -0.05) is 25.5 Å². The number of hydrogen-bond donors (Lipinski definition) is 4. The van der Waals surface area contributed by atoms with Crippen LogP contribution in [0.15, 0.2) is 40.1 Å². The molecule has 0 bridgehead atoms. The van der Waals surface area contributed by atoms with E-state index >= 15 is 0 Å². The van der Waals surface area contributed by atoms with E-state index in [-0.39, 0.29) is 40.5 Å². The maximum absolute atomic E-state index is 14.0. The zero-order valence-corrected chi connectivity index (χ0v) is 22.0. The first-order chi connectivity index (χ1) is 18.6. The number of rotatable bonds is 5. The quantitative estimate of drug-likeness (QED) is 0.281. The maximum Gasteiger partial charge on any atom is 0.265 e. The van der Waals surface area contributed by atoms with Crippen LogP contribution in [0.25, 0.3) is 10.8 Å². The van der Waals surface area contributed by atoms with E-state index in [1.807, 2.05) is 6.92 Å². The van der Waals surface area contributed by atoms with Gasteiger partial charge in [0.25, 0.3) is 5.88 Å². The van der Waals surface area contributed by atoms with Gasteiger partial charge >= 0.3 is 0 Å². The first kappa shape index (κ1) is 25.4. The number of fused-ring (bicyclic) bond motifs is 5. The monoisotopic (exact) mass is 533 g/mol. The highest BCUT2D eigenvalue weighted by molar-refractivity contribution is 6.18. The molecule has 10 heteroatoms. The fourth-order valence-corrected chi connectivity index (χ4v) is 6.66. The van der Waals surface area contributed by atoms with E-state index in [1.54, 1.807) is 43.3 Å². The Kier molecular flexibility index (Phi) is 5.74. The highest BCUT2D eigenvalue weighted by atomic mass is 16.5. The van der Waals surface area contributed by atoms with Gasteiger partial charge in [0.1, 0.15) is 17.1 Å². The van der Waals surface area contributed by atoms with Crippen LogP contribution in [-0.2, 0) is 6.42 Å². The van der Waals surface area contributed by atoms with Gasteiger partial charge in [-0.3, -0.25) is 14.5 Å². The van der Waals surface area contributed by atoms with Crippen LogP contribution >= 0.6 is 0 Å². The summed E-state index contributed by atoms with van der Waals surface area (Å²) in [6, 6.07) is 6.25. The lowest BCUT2D eigenvalue weighted by atomic mass is 9.58. The maximum atomic E-state index is 14.0. The van der Waals surface area contributed by atoms with Crippen molar-refractivity contribution in [2.24, 2.45) is 11.8 Å². The van der Waals surface area contributed by atoms with Crippen molar-refractivity contribution in [3.8, 4) is 11.6 Å². The Labute approximate surface area is 224 Å². The first-order valence-electron chi connectivity index (χ1n) is 13.2. The van der Waals surface area contributed by atoms with Crippen LogP contribution in [0.5, 0.6) is 11.6 Å². The number of aromatic hydroxyl groups is 1. The number of carbonyl (C=O) groups is 2. The molecule has 0 fully saturated rings. The molecule has 204 valence electrons. The average Bonchev–Trinajstić information content (AvgIpc) is 3.30. The van der Waals surface area contributed by atoms with Gasteiger partial charge in [-0.05, 0) is 62.1 Å². The Bertz CT molecular complexity index is 1570. The summed E-state index contributed by atoms with van der Waals surface area (Å²) < 4.78 is 11.3. The van der Waals surface area contributed by atoms with Crippen molar-refractivity contribution in [1.29, 1.82) is 0 Å². The fourth-order valence-electron chi connectivity index (χ4n) is 6.66. The molecule has 0 saturated carbocycles. The second kappa shape index (κ2) is 8.82. The molecule has 1 aromatic heterocycles. The number of aromatic nitrogens is 1. The molecule has 0 aliphatic heterocycles. The molecule has 39 heavy (non-hydrogen) atoms. The molecule has 1 heterocycles. The molecule has 0 spiro atoms. The summed E-state index contributed by atoms with van der Waals surface area (Å²) in [6.07, 6.45) is 2.13. The summed E-state index contributed by atoms with van der Waals surface area (Å²) in [5.74, 6) is -3.45. The predicted octanol–water partition coefficient (Wildman–Crippen LogP) is 3.71. The Hall–Kier alpha value is -3.89. The van der Waals surface area contributed by atoms with Crippen LogP contribution in [0.2, 0.25) is 0 Å². The molecule has 10 nitrogen and oxygen atoms in total. The number of carbonyl (C=O) groups excluding carboxylic acids is 2. The van der Waals surface area contributed by atoms with E-state index in [0.29, 0.717) is 35.1 Å². The lowest BCUT2D eigenvalue weighted by Crippen LogP contribution is -2.59. The highest BCUT2D eigenvalue weighted by Crippen LogP contribution is 2.56. The van der Waals surface area contributed by atoms with E-state index in [9.17, 15) is 24.9 Å². The van der Waals surface area contributed by atoms with Gasteiger partial charge in [0.2, 0.25) is 5.78 Å². The number of Topliss-reactive ketones (excluding diaryl/α,β-unsaturated/α-hetero) is 2. The van der Waals surface area contributed by atoms with Crippen LogP contribution < -0.4 is 10.5 Å². The number of ketones is 2. The van der Waals surface area contributed by atoms with Crippen molar-refractivity contribution in [3.63, 3.8) is 0 Å². The van der Waals surface area contributed by atoms with Crippen LogP contribution in [0.1, 0.15) is 64.3 Å². The number of unbranched alkanes of at least 4 members (excludes halogenated alkanes) is 1. The van der Waals surface area contributed by atoms with Gasteiger partial charge in [0.15, 0.2) is 17.1 Å². The molecule has 3 aromatic rings. The van der Waals surface area contributed by atoms with Crippen molar-refractivity contribution >= 4 is 28.0 Å². The Morgan fingerprint density at radius 3 is 2.69 bits per heavy atom. The number of phenolic OH excluding ortho intramolecular Hbond substituents is 1. The minimum atomic E-state index is -2.40. The molecule has 6 rings (SSSR count). The fraction of sp³-hybridized carbons (Fsp3) is 0.414. The largest absolute Gasteiger partial charge is 0.508 e. The van der Waals surface area contributed by atoms with Crippen LogP contribution in [0.4, 0.5) is 5.69 Å². The van der Waals surface area contributed by atoms with Gasteiger partial charge in [-0.15, -0.1) is 0 Å². The van der Waals surface area contributed by atoms with Crippen molar-refractivity contribution in [1.82, 2.24) is 10.1 Å². The van der Waals surface area contributed by atoms with Gasteiger partial charge in [0, 0.05) is 28.0 Å². The Morgan fingerprint density at radius 2 is 1.97 bits per heavy atom. The number of nitrogens with zero attached hydrogens (tertiary/aromatic N) is 2. The van der Waals surface area contributed by atoms with Crippen LogP contribution in [-0.4, -0.2) is 63.2 Å². The number of anilines is 1. The third-order valence-corrected chi connectivity index (χ3v) is 8.51. The molecule has 4 atom stereocenters. The Balaban J connectivity index is 1.52. The molecular weight excluding hydrogens is 502 g/mol. The van der Waals surface area contributed by atoms with Crippen molar-refractivity contribution in [2.75, 3.05) is 26.4 Å². The zero-order chi connectivity index (χ0) is 27.8. The van der Waals surface area contributed by atoms with Gasteiger partial charge in [-0.25, -0.2) is 0 Å². The van der Waals surface area contributed by atoms with E-state index in [4.69, 9.17) is 15.0 Å². The topological polar surface area (TPSA) is 159 Å². The Morgan fingerprint density at radius 1 is 1.21 bits per heavy atom. The standard InChI is InChI=1S/C29H31N3O7/c1-4-5-9-38-28-21-25(39-31-28)22(32(2)3)17-12-14-10-13-11-16-15(7-6-8-18(16)30)23(33)19(13)24(34)20(14)26(35)29(17,37)27(21)36/h6-8,11,14,17,22,33,35,37H,4-5,9-10,12,30H2,1-3H3/t14-,17-,22-,29-/m0/s1. The number of phenols is 1. The van der Waals surface area contributed by atoms with Crippen LogP contribution in [0, 0.1) is 11.8 Å². The second-order valence-corrected chi connectivity index (χ2v) is 11.0. The number of allylic oxidation sites excluding steroid dienone is 1. The van der Waals surface area contributed by atoms with E-state index in [1.165, 1.54) is 0 Å². The number of hydrogen-bond acceptors (Lipinski definition) is 10. The predicted molar refractivity (Wildman–Crippen MR) is 142 cm³/mol. The number of aliphatic hydroxyl groups is 2. The molecule has 5 N–H and O–H groups in total. The average molecular weight is 534 g/mol. The van der Waals surface area contributed by atoms with Gasteiger partial charge < -0.3 is 30.3 Å². The summed E-state index contributed by atoms with van der Waals surface area (Å²) in [4.78, 5) is 29.6. The SMILES string of the molecule is CCCCOc1noc2c1C(=O)[C@@]1(O)C(O)=C3C(=O)c4c(cc5c(N)cccc5c4O)C[C@H]3C[C@H]1[C@@H]2N(C)C. The van der Waals surface area contributed by atoms with E-state index in [0.717, 1.165) is 12.8 Å². The normalized spacial score (nSPS) is 25.9. The van der Waals surface area contributed by atoms with E-state index in [2.05, 4.69) is 5.16 Å². The van der Waals surface area contributed by atoms with Crippen LogP contribution in [0.3, 0.4) is 0 Å². The summed E-state index contributed by atoms with van der Waals surface area (Å²) in [7, 11) is 3.57. The third-order valence-electron chi connectivity index (χ3n) is 8.51. The van der Waals surface area contributed by atoms with Gasteiger partial charge in [-0.2, -0.15) is 0 Å². The highest BCUT2D eigenvalue weighted by Gasteiger charge is 2.63. The minimum absolute atomic E-state index is 0.0258. The molecule has 2 aromatic carbocycles. The lowest BCUT2D eigenvalue weighted by molar-refractivity contribution is -0.0559. The summed E-state index contributed by atoms with van der Waals surface area (Å²) in [6.45, 7) is 2.30. The summed E-state index contributed by atoms with van der Waals surface area (Å²) >= 11 is 0. The third kappa shape index (κ3) is 3.37. The summed E-state index contributed by atoms with van der Waals surface area (Å²) in [5, 5.41) is 39.8. The number of benzene rings is 2. The first-order valence-corrected chi connectivity index (χ1v) is 13.2. The number of aliphatic hydroxyl groups excluding tert-OH is 1. The lowest BCUT2D eigenvalue weighted by Gasteiger charge is -2.49. The second-order valence-electron chi connectivity index (χ2n) is 11.0. The van der Waals surface area contributed by atoms with Crippen molar-refractivity contribution in [3.05, 3.63) is 58.0 Å². The van der Waals surface area contributed by atoms with Crippen molar-refractivity contribution < 1.29 is 34.2 Å². The molecule has 3 aliphatic rings. The molecular formula is C29H31N3O7. The zero-order valence-electron chi connectivity index (χ0n) is 22.0. The minimum Gasteiger partial charge on any atom is -0.508 e. The molecule has 3 aliphatic carbocycles. The smallest absolute Gasteiger partial charge is 0.265 e. The van der Waals surface area contributed by atoms with Crippen molar-refractivity contribution in [2.45, 2.75) is 44.2 Å². The molecule has 0 unspecified atom stereocenters. The molecule has 0 amide bonds. The van der Waals surface area contributed by atoms with Gasteiger partial charge in [0.05, 0.1) is 18.2 Å².